The predicted octanol–water partition coefficient (Wildman–Crippen LogP) is 3.76. The quantitative estimate of drug-likeness (QED) is 0.863. The number of carbonyl (C=O) groups is 1. The van der Waals surface area contributed by atoms with Gasteiger partial charge in [-0.05, 0) is 18.2 Å². The number of rotatable bonds is 3. The maximum Gasteiger partial charge on any atom is 0.416 e. The van der Waals surface area contributed by atoms with Crippen molar-refractivity contribution >= 4 is 17.6 Å². The van der Waals surface area contributed by atoms with Crippen molar-refractivity contribution in [3.8, 4) is 5.75 Å². The minimum Gasteiger partial charge on any atom is -0.481 e. The Morgan fingerprint density at radius 2 is 1.90 bits per heavy atom. The number of para-hydroxylation sites is 1. The topological polar surface area (TPSA) is 46.5 Å². The van der Waals surface area contributed by atoms with Crippen LogP contribution in [0.15, 0.2) is 54.1 Å². The van der Waals surface area contributed by atoms with Crippen molar-refractivity contribution in [3.05, 3.63) is 54.1 Å². The molecule has 1 aromatic rings. The number of aliphatic carboxylic acids is 1. The number of allylic oxidation sites excluding steroid dienone is 2. The first kappa shape index (κ1) is 15.4. The summed E-state index contributed by atoms with van der Waals surface area (Å²) < 4.78 is 43.6. The first-order valence-electron chi connectivity index (χ1n) is 5.86. The third-order valence-electron chi connectivity index (χ3n) is 2.86. The minimum atomic E-state index is -4.64. The predicted molar refractivity (Wildman–Crippen MR) is 70.1 cm³/mol. The highest BCUT2D eigenvalue weighted by Gasteiger charge is 2.47. The summed E-state index contributed by atoms with van der Waals surface area (Å²) in [6.07, 6.45) is -2.49. The van der Waals surface area contributed by atoms with E-state index in [1.54, 1.807) is 18.2 Å². The summed E-state index contributed by atoms with van der Waals surface area (Å²) in [4.78, 5) is 11.2. The summed E-state index contributed by atoms with van der Waals surface area (Å²) in [5, 5.41) is 6.97. The SMILES string of the molecule is O=C(O)C1C=CC(C(F)(F)F)=CC1(Cl)Oc1ccccc1. The minimum absolute atomic E-state index is 0.173. The number of hydrogen-bond donors (Lipinski definition) is 1. The Balaban J connectivity index is 2.40. The lowest BCUT2D eigenvalue weighted by Gasteiger charge is -2.32. The molecule has 112 valence electrons. The number of halogens is 4. The van der Waals surface area contributed by atoms with E-state index in [0.29, 0.717) is 12.2 Å². The van der Waals surface area contributed by atoms with Crippen LogP contribution in [-0.2, 0) is 4.79 Å². The van der Waals surface area contributed by atoms with E-state index in [9.17, 15) is 18.0 Å². The van der Waals surface area contributed by atoms with E-state index < -0.39 is 28.7 Å². The smallest absolute Gasteiger partial charge is 0.416 e. The number of alkyl halides is 4. The maximum atomic E-state index is 12.8. The molecular weight excluding hydrogens is 309 g/mol. The number of ether oxygens (including phenoxy) is 1. The van der Waals surface area contributed by atoms with Crippen LogP contribution in [-0.4, -0.2) is 22.3 Å². The van der Waals surface area contributed by atoms with Gasteiger partial charge < -0.3 is 9.84 Å². The Morgan fingerprint density at radius 1 is 1.29 bits per heavy atom. The Labute approximate surface area is 123 Å². The van der Waals surface area contributed by atoms with Gasteiger partial charge >= 0.3 is 12.1 Å². The van der Waals surface area contributed by atoms with Crippen LogP contribution in [0.25, 0.3) is 0 Å². The van der Waals surface area contributed by atoms with Gasteiger partial charge in [0.2, 0.25) is 5.06 Å². The van der Waals surface area contributed by atoms with E-state index in [1.807, 2.05) is 0 Å². The fourth-order valence-electron chi connectivity index (χ4n) is 1.87. The molecule has 3 nitrogen and oxygen atoms in total. The highest BCUT2D eigenvalue weighted by atomic mass is 35.5. The molecule has 0 aliphatic heterocycles. The molecule has 1 N–H and O–H groups in total. The van der Waals surface area contributed by atoms with Gasteiger partial charge in [-0.15, -0.1) is 0 Å². The largest absolute Gasteiger partial charge is 0.481 e. The normalized spacial score (nSPS) is 25.3. The molecule has 0 aromatic heterocycles. The third-order valence-corrected chi connectivity index (χ3v) is 3.28. The Hall–Kier alpha value is -1.95. The van der Waals surface area contributed by atoms with Crippen molar-refractivity contribution in [2.45, 2.75) is 11.2 Å². The van der Waals surface area contributed by atoms with Gasteiger partial charge in [-0.3, -0.25) is 4.79 Å². The summed E-state index contributed by atoms with van der Waals surface area (Å²) in [5.74, 6) is -2.65. The van der Waals surface area contributed by atoms with Crippen LogP contribution < -0.4 is 4.74 Å². The highest BCUT2D eigenvalue weighted by Crippen LogP contribution is 2.40. The van der Waals surface area contributed by atoms with Crippen molar-refractivity contribution < 1.29 is 27.8 Å². The Kier molecular flexibility index (Phi) is 4.00. The zero-order valence-electron chi connectivity index (χ0n) is 10.5. The average Bonchev–Trinajstić information content (AvgIpc) is 2.37. The molecule has 0 fully saturated rings. The lowest BCUT2D eigenvalue weighted by atomic mass is 9.92. The van der Waals surface area contributed by atoms with Crippen molar-refractivity contribution in [3.63, 3.8) is 0 Å². The van der Waals surface area contributed by atoms with Crippen molar-refractivity contribution in [1.29, 1.82) is 0 Å². The highest BCUT2D eigenvalue weighted by molar-refractivity contribution is 6.26. The molecule has 1 aliphatic rings. The first-order chi connectivity index (χ1) is 9.72. The van der Waals surface area contributed by atoms with Crippen LogP contribution >= 0.6 is 11.6 Å². The zero-order valence-corrected chi connectivity index (χ0v) is 11.2. The summed E-state index contributed by atoms with van der Waals surface area (Å²) in [7, 11) is 0. The van der Waals surface area contributed by atoms with Gasteiger partial charge in [-0.25, -0.2) is 0 Å². The van der Waals surface area contributed by atoms with Crippen LogP contribution in [0, 0.1) is 5.92 Å². The van der Waals surface area contributed by atoms with Gasteiger partial charge in [0, 0.05) is 0 Å². The molecule has 0 amide bonds. The van der Waals surface area contributed by atoms with Gasteiger partial charge in [-0.1, -0.05) is 42.0 Å². The molecular formula is C14H10ClF3O3. The van der Waals surface area contributed by atoms with E-state index in [0.717, 1.165) is 6.08 Å². The van der Waals surface area contributed by atoms with Gasteiger partial charge in [0.15, 0.2) is 0 Å². The van der Waals surface area contributed by atoms with Crippen molar-refractivity contribution in [2.24, 2.45) is 5.92 Å². The Morgan fingerprint density at radius 3 is 2.43 bits per heavy atom. The fraction of sp³-hybridized carbons (Fsp3) is 0.214. The number of hydrogen-bond acceptors (Lipinski definition) is 2. The number of carboxylic acid groups (broad SMARTS) is 1. The lowest BCUT2D eigenvalue weighted by Crippen LogP contribution is -2.42. The van der Waals surface area contributed by atoms with Crippen LogP contribution in [0.2, 0.25) is 0 Å². The molecule has 0 saturated heterocycles. The number of carboxylic acids is 1. The molecule has 0 spiro atoms. The number of benzene rings is 1. The second kappa shape index (κ2) is 5.44. The van der Waals surface area contributed by atoms with Crippen molar-refractivity contribution in [2.75, 3.05) is 0 Å². The third kappa shape index (κ3) is 3.39. The Bertz CT molecular complexity index is 595. The average molecular weight is 319 g/mol. The van der Waals surface area contributed by atoms with E-state index in [2.05, 4.69) is 0 Å². The summed E-state index contributed by atoms with van der Waals surface area (Å²) >= 11 is 6.04. The summed E-state index contributed by atoms with van der Waals surface area (Å²) in [6, 6.07) is 7.82. The van der Waals surface area contributed by atoms with Crippen LogP contribution in [0.4, 0.5) is 13.2 Å². The molecule has 0 bridgehead atoms. The molecule has 0 heterocycles. The zero-order chi connectivity index (χ0) is 15.7. The van der Waals surface area contributed by atoms with Gasteiger partial charge in [-0.2, -0.15) is 13.2 Å². The fourth-order valence-corrected chi connectivity index (χ4v) is 2.24. The first-order valence-corrected chi connectivity index (χ1v) is 6.24. The summed E-state index contributed by atoms with van der Waals surface area (Å²) in [6.45, 7) is 0. The standard InChI is InChI=1S/C14H10ClF3O3/c15-13(21-10-4-2-1-3-5-10)8-9(14(16,17)18)6-7-11(13)12(19)20/h1-8,11H,(H,19,20). The molecule has 2 rings (SSSR count). The second-order valence-electron chi connectivity index (χ2n) is 4.39. The molecule has 7 heteroatoms. The van der Waals surface area contributed by atoms with Crippen LogP contribution in [0.3, 0.4) is 0 Å². The maximum absolute atomic E-state index is 12.8. The van der Waals surface area contributed by atoms with E-state index in [4.69, 9.17) is 21.4 Å². The van der Waals surface area contributed by atoms with Gasteiger partial charge in [0.25, 0.3) is 0 Å². The molecule has 0 radical (unpaired) electrons. The molecule has 0 saturated carbocycles. The van der Waals surface area contributed by atoms with Crippen molar-refractivity contribution in [1.82, 2.24) is 0 Å². The van der Waals surface area contributed by atoms with E-state index in [1.165, 1.54) is 12.1 Å². The summed E-state index contributed by atoms with van der Waals surface area (Å²) in [5.41, 5.74) is -1.05. The van der Waals surface area contributed by atoms with Crippen LogP contribution in [0.5, 0.6) is 5.75 Å². The molecule has 21 heavy (non-hydrogen) atoms. The molecule has 1 aromatic carbocycles. The van der Waals surface area contributed by atoms with Gasteiger partial charge in [0.1, 0.15) is 11.7 Å². The molecule has 2 atom stereocenters. The van der Waals surface area contributed by atoms with Gasteiger partial charge in [0.05, 0.1) is 5.57 Å². The van der Waals surface area contributed by atoms with Crippen LogP contribution in [0.1, 0.15) is 0 Å². The second-order valence-corrected chi connectivity index (χ2v) is 4.98. The van der Waals surface area contributed by atoms with E-state index >= 15 is 0 Å². The molecule has 2 unspecified atom stereocenters. The lowest BCUT2D eigenvalue weighted by molar-refractivity contribution is -0.143. The van der Waals surface area contributed by atoms with E-state index in [-0.39, 0.29) is 5.75 Å². The monoisotopic (exact) mass is 318 g/mol. The molecule has 1 aliphatic carbocycles.